The average Bonchev–Trinajstić information content (AvgIpc) is 3.19. The largest absolute Gasteiger partial charge is 0.433 e. The van der Waals surface area contributed by atoms with E-state index in [0.717, 1.165) is 13.0 Å². The van der Waals surface area contributed by atoms with E-state index in [1.807, 2.05) is 0 Å². The molecule has 110 valence electrons. The fourth-order valence-electron chi connectivity index (χ4n) is 3.33. The van der Waals surface area contributed by atoms with Crippen LogP contribution < -0.4 is 5.73 Å². The van der Waals surface area contributed by atoms with Gasteiger partial charge in [-0.3, -0.25) is 15.0 Å². The Morgan fingerprint density at radius 3 is 2.75 bits per heavy atom. The molecule has 2 heterocycles. The maximum absolute atomic E-state index is 10.8. The number of hydrogen-bond acceptors (Lipinski definition) is 5. The first-order valence-corrected chi connectivity index (χ1v) is 7.40. The third-order valence-electron chi connectivity index (χ3n) is 4.45. The summed E-state index contributed by atoms with van der Waals surface area (Å²) in [4.78, 5) is 12.8. The van der Waals surface area contributed by atoms with Crippen LogP contribution in [0.4, 0.5) is 5.88 Å². The van der Waals surface area contributed by atoms with Crippen LogP contribution in [0.25, 0.3) is 0 Å². The summed E-state index contributed by atoms with van der Waals surface area (Å²) in [5.74, 6) is 0.862. The molecule has 2 unspecified atom stereocenters. The first-order valence-electron chi connectivity index (χ1n) is 7.40. The standard InChI is InChI=1S/C14H21N3O3/c15-9-10-3-1-2-8-16(11-4-5-11)14(10)12-6-7-13(20-12)17(18)19/h6-7,10-11,14H,1-5,8-9,15H2. The Morgan fingerprint density at radius 1 is 1.35 bits per heavy atom. The van der Waals surface area contributed by atoms with E-state index in [4.69, 9.17) is 10.2 Å². The van der Waals surface area contributed by atoms with Crippen LogP contribution >= 0.6 is 0 Å². The second kappa shape index (κ2) is 5.54. The molecular formula is C14H21N3O3. The molecule has 2 fully saturated rings. The van der Waals surface area contributed by atoms with E-state index in [1.165, 1.54) is 31.7 Å². The van der Waals surface area contributed by atoms with Crippen LogP contribution in [-0.2, 0) is 0 Å². The molecule has 0 bridgehead atoms. The predicted octanol–water partition coefficient (Wildman–Crippen LogP) is 2.45. The molecule has 0 amide bonds. The highest BCUT2D eigenvalue weighted by molar-refractivity contribution is 5.21. The fraction of sp³-hybridized carbons (Fsp3) is 0.714. The van der Waals surface area contributed by atoms with E-state index in [-0.39, 0.29) is 11.9 Å². The predicted molar refractivity (Wildman–Crippen MR) is 74.2 cm³/mol. The van der Waals surface area contributed by atoms with Crippen LogP contribution in [-0.4, -0.2) is 29.0 Å². The number of nitrogens with two attached hydrogens (primary N) is 1. The summed E-state index contributed by atoms with van der Waals surface area (Å²) in [6, 6.07) is 3.92. The zero-order valence-corrected chi connectivity index (χ0v) is 11.5. The van der Waals surface area contributed by atoms with Crippen molar-refractivity contribution in [1.29, 1.82) is 0 Å². The highest BCUT2D eigenvalue weighted by Gasteiger charge is 2.40. The molecule has 0 radical (unpaired) electrons. The summed E-state index contributed by atoms with van der Waals surface area (Å²) < 4.78 is 5.48. The lowest BCUT2D eigenvalue weighted by Crippen LogP contribution is -2.37. The van der Waals surface area contributed by atoms with Gasteiger partial charge in [0.1, 0.15) is 10.7 Å². The summed E-state index contributed by atoms with van der Waals surface area (Å²) in [6.45, 7) is 1.64. The summed E-state index contributed by atoms with van der Waals surface area (Å²) in [6.07, 6.45) is 5.85. The molecule has 1 aliphatic carbocycles. The lowest BCUT2D eigenvalue weighted by Gasteiger charge is -2.33. The molecule has 0 spiro atoms. The molecule has 2 aliphatic rings. The highest BCUT2D eigenvalue weighted by Crippen LogP contribution is 2.42. The van der Waals surface area contributed by atoms with Crippen molar-refractivity contribution in [3.05, 3.63) is 28.0 Å². The van der Waals surface area contributed by atoms with Gasteiger partial charge in [-0.2, -0.15) is 0 Å². The van der Waals surface area contributed by atoms with E-state index in [2.05, 4.69) is 4.90 Å². The maximum atomic E-state index is 10.8. The van der Waals surface area contributed by atoms with Gasteiger partial charge in [0, 0.05) is 6.04 Å². The van der Waals surface area contributed by atoms with Gasteiger partial charge in [0.15, 0.2) is 0 Å². The van der Waals surface area contributed by atoms with Gasteiger partial charge >= 0.3 is 5.88 Å². The third-order valence-corrected chi connectivity index (χ3v) is 4.45. The number of rotatable bonds is 4. The lowest BCUT2D eigenvalue weighted by molar-refractivity contribution is -0.402. The molecule has 1 aromatic rings. The topological polar surface area (TPSA) is 85.5 Å². The van der Waals surface area contributed by atoms with Crippen molar-refractivity contribution < 1.29 is 9.34 Å². The van der Waals surface area contributed by atoms with Crippen LogP contribution in [0.15, 0.2) is 16.5 Å². The molecule has 6 heteroatoms. The molecule has 2 N–H and O–H groups in total. The van der Waals surface area contributed by atoms with Crippen molar-refractivity contribution in [2.24, 2.45) is 11.7 Å². The molecule has 0 aromatic carbocycles. The van der Waals surface area contributed by atoms with Gasteiger partial charge in [-0.25, -0.2) is 0 Å². The van der Waals surface area contributed by atoms with E-state index in [9.17, 15) is 10.1 Å². The van der Waals surface area contributed by atoms with Gasteiger partial charge < -0.3 is 10.2 Å². The normalized spacial score (nSPS) is 28.2. The van der Waals surface area contributed by atoms with Gasteiger partial charge in [0.25, 0.3) is 0 Å². The van der Waals surface area contributed by atoms with Crippen molar-refractivity contribution in [2.45, 2.75) is 44.2 Å². The van der Waals surface area contributed by atoms with Crippen LogP contribution in [0.3, 0.4) is 0 Å². The number of furan rings is 1. The van der Waals surface area contributed by atoms with E-state index in [1.54, 1.807) is 6.07 Å². The maximum Gasteiger partial charge on any atom is 0.433 e. The van der Waals surface area contributed by atoms with Crippen molar-refractivity contribution in [3.63, 3.8) is 0 Å². The number of likely N-dealkylation sites (tertiary alicyclic amines) is 1. The Morgan fingerprint density at radius 2 is 2.15 bits per heavy atom. The van der Waals surface area contributed by atoms with Crippen LogP contribution in [0, 0.1) is 16.0 Å². The quantitative estimate of drug-likeness (QED) is 0.676. The molecule has 20 heavy (non-hydrogen) atoms. The Hall–Kier alpha value is -1.40. The molecule has 1 aromatic heterocycles. The number of nitrogens with zero attached hydrogens (tertiary/aromatic N) is 2. The van der Waals surface area contributed by atoms with Gasteiger partial charge in [0.05, 0.1) is 12.1 Å². The zero-order valence-electron chi connectivity index (χ0n) is 11.5. The third kappa shape index (κ3) is 2.58. The van der Waals surface area contributed by atoms with E-state index >= 15 is 0 Å². The summed E-state index contributed by atoms with van der Waals surface area (Å²) in [7, 11) is 0. The van der Waals surface area contributed by atoms with Gasteiger partial charge in [-0.15, -0.1) is 0 Å². The SMILES string of the molecule is NCC1CCCCN(C2CC2)C1c1ccc([N+](=O)[O-])o1. The molecule has 2 atom stereocenters. The molecule has 6 nitrogen and oxygen atoms in total. The van der Waals surface area contributed by atoms with Crippen molar-refractivity contribution >= 4 is 5.88 Å². The van der Waals surface area contributed by atoms with Crippen molar-refractivity contribution in [1.82, 2.24) is 4.90 Å². The summed E-state index contributed by atoms with van der Waals surface area (Å²) >= 11 is 0. The summed E-state index contributed by atoms with van der Waals surface area (Å²) in [5.41, 5.74) is 5.95. The first kappa shape index (κ1) is 13.6. The van der Waals surface area contributed by atoms with Gasteiger partial charge in [0.2, 0.25) is 0 Å². The lowest BCUT2D eigenvalue weighted by atomic mass is 9.93. The fourth-order valence-corrected chi connectivity index (χ4v) is 3.33. The first-order chi connectivity index (χ1) is 9.70. The Kier molecular flexibility index (Phi) is 3.76. The van der Waals surface area contributed by atoms with Crippen molar-refractivity contribution in [2.75, 3.05) is 13.1 Å². The molecule has 1 aliphatic heterocycles. The Balaban J connectivity index is 1.91. The van der Waals surface area contributed by atoms with Crippen LogP contribution in [0.1, 0.15) is 43.9 Å². The number of hydrogen-bond donors (Lipinski definition) is 1. The number of nitro groups is 1. The van der Waals surface area contributed by atoms with Crippen molar-refractivity contribution in [3.8, 4) is 0 Å². The highest BCUT2D eigenvalue weighted by atomic mass is 16.6. The second-order valence-corrected chi connectivity index (χ2v) is 5.84. The Bertz CT molecular complexity index is 484. The molecule has 1 saturated heterocycles. The van der Waals surface area contributed by atoms with E-state index in [0.29, 0.717) is 24.3 Å². The average molecular weight is 279 g/mol. The van der Waals surface area contributed by atoms with Crippen LogP contribution in [0.2, 0.25) is 0 Å². The minimum Gasteiger partial charge on any atom is -0.404 e. The summed E-state index contributed by atoms with van der Waals surface area (Å²) in [5, 5.41) is 10.8. The molecular weight excluding hydrogens is 258 g/mol. The minimum absolute atomic E-state index is 0.101. The van der Waals surface area contributed by atoms with Crippen LogP contribution in [0.5, 0.6) is 0 Å². The van der Waals surface area contributed by atoms with Gasteiger partial charge in [-0.05, 0) is 50.8 Å². The Labute approximate surface area is 118 Å². The zero-order chi connectivity index (χ0) is 14.1. The van der Waals surface area contributed by atoms with Gasteiger partial charge in [-0.1, -0.05) is 6.42 Å². The molecule has 1 saturated carbocycles. The van der Waals surface area contributed by atoms with E-state index < -0.39 is 4.92 Å². The molecule has 3 rings (SSSR count). The monoisotopic (exact) mass is 279 g/mol. The smallest absolute Gasteiger partial charge is 0.404 e. The second-order valence-electron chi connectivity index (χ2n) is 5.84. The minimum atomic E-state index is -0.473.